The largest absolute Gasteiger partial charge is 0.392 e. The molecule has 0 saturated carbocycles. The van der Waals surface area contributed by atoms with Crippen LogP contribution in [0.4, 0.5) is 5.13 Å². The first-order chi connectivity index (χ1) is 11.7. The number of carbonyl (C=O) groups excluding carboxylic acids is 1. The Morgan fingerprint density at radius 2 is 2.04 bits per heavy atom. The van der Waals surface area contributed by atoms with Crippen molar-refractivity contribution in [1.82, 2.24) is 10.2 Å². The number of hydrogen-bond acceptors (Lipinski definition) is 8. The van der Waals surface area contributed by atoms with E-state index in [2.05, 4.69) is 22.1 Å². The van der Waals surface area contributed by atoms with Crippen molar-refractivity contribution >= 4 is 37.8 Å². The highest BCUT2D eigenvalue weighted by atomic mass is 32.2. The van der Waals surface area contributed by atoms with Gasteiger partial charge in [0.2, 0.25) is 11.0 Å². The molecule has 0 unspecified atom stereocenters. The molecule has 8 nitrogen and oxygen atoms in total. The van der Waals surface area contributed by atoms with Gasteiger partial charge in [-0.2, -0.15) is 0 Å². The average molecular weight is 389 g/mol. The average Bonchev–Trinajstić information content (AvgIpc) is 3.03. The van der Waals surface area contributed by atoms with Crippen molar-refractivity contribution < 1.29 is 23.1 Å². The maximum atomic E-state index is 12.7. The maximum absolute atomic E-state index is 12.7. The second-order valence-corrected chi connectivity index (χ2v) is 10.0. The fourth-order valence-corrected chi connectivity index (χ4v) is 4.71. The third kappa shape index (κ3) is 4.63. The van der Waals surface area contributed by atoms with Gasteiger partial charge in [0.05, 0.1) is 12.4 Å². The number of hydrogen-bond donors (Lipinski definition) is 2. The van der Waals surface area contributed by atoms with Crippen LogP contribution in [-0.4, -0.2) is 59.9 Å². The summed E-state index contributed by atoms with van der Waals surface area (Å²) in [6.07, 6.45) is 1.36. The number of aliphatic hydroxyl groups is 1. The smallest absolute Gasteiger partial charge is 0.247 e. The van der Waals surface area contributed by atoms with Gasteiger partial charge < -0.3 is 9.84 Å². The Hall–Kier alpha value is -1.36. The number of anilines is 1. The summed E-state index contributed by atoms with van der Waals surface area (Å²) in [4.78, 5) is 12.5. The molecule has 1 aliphatic rings. The number of rotatable bonds is 7. The van der Waals surface area contributed by atoms with Crippen LogP contribution in [-0.2, 0) is 19.4 Å². The van der Waals surface area contributed by atoms with Gasteiger partial charge in [0.1, 0.15) is 9.75 Å². The summed E-state index contributed by atoms with van der Waals surface area (Å²) in [6, 6.07) is 0. The number of ether oxygens (including phenoxy) is 1. The third-order valence-electron chi connectivity index (χ3n) is 4.26. The zero-order chi connectivity index (χ0) is 18.7. The van der Waals surface area contributed by atoms with E-state index in [1.54, 1.807) is 0 Å². The zero-order valence-corrected chi connectivity index (χ0v) is 16.0. The lowest BCUT2D eigenvalue weighted by Crippen LogP contribution is -2.47. The SMILES string of the molecule is C=C(CO)c1nnc(NC(=O)C(C)(C)S(=O)(=O)CC2CCOCC2)s1. The highest BCUT2D eigenvalue weighted by Crippen LogP contribution is 2.27. The molecule has 1 amide bonds. The first-order valence-electron chi connectivity index (χ1n) is 7.91. The van der Waals surface area contributed by atoms with Gasteiger partial charge >= 0.3 is 0 Å². The minimum absolute atomic E-state index is 0.00633. The Bertz CT molecular complexity index is 736. The third-order valence-corrected chi connectivity index (χ3v) is 7.85. The molecule has 0 radical (unpaired) electrons. The van der Waals surface area contributed by atoms with Crippen molar-refractivity contribution in [3.05, 3.63) is 11.6 Å². The van der Waals surface area contributed by atoms with E-state index in [9.17, 15) is 13.2 Å². The van der Waals surface area contributed by atoms with Gasteiger partial charge in [0.15, 0.2) is 9.84 Å². The molecule has 10 heteroatoms. The molecule has 25 heavy (non-hydrogen) atoms. The molecule has 0 spiro atoms. The quantitative estimate of drug-likeness (QED) is 0.717. The van der Waals surface area contributed by atoms with E-state index >= 15 is 0 Å². The van der Waals surface area contributed by atoms with Crippen LogP contribution in [0.2, 0.25) is 0 Å². The van der Waals surface area contributed by atoms with Gasteiger partial charge in [0.25, 0.3) is 0 Å². The highest BCUT2D eigenvalue weighted by molar-refractivity contribution is 7.93. The number of sulfone groups is 1. The number of amides is 1. The fourth-order valence-electron chi connectivity index (χ4n) is 2.30. The van der Waals surface area contributed by atoms with Gasteiger partial charge in [-0.25, -0.2) is 8.42 Å². The summed E-state index contributed by atoms with van der Waals surface area (Å²) in [7, 11) is -3.66. The van der Waals surface area contributed by atoms with Crippen LogP contribution >= 0.6 is 11.3 Å². The van der Waals surface area contributed by atoms with Crippen molar-refractivity contribution in [2.75, 3.05) is 30.9 Å². The number of nitrogens with zero attached hydrogens (tertiary/aromatic N) is 2. The molecule has 1 aromatic heterocycles. The monoisotopic (exact) mass is 389 g/mol. The lowest BCUT2D eigenvalue weighted by atomic mass is 10.0. The molecule has 0 aromatic carbocycles. The second-order valence-electron chi connectivity index (χ2n) is 6.48. The zero-order valence-electron chi connectivity index (χ0n) is 14.3. The first kappa shape index (κ1) is 20.0. The summed E-state index contributed by atoms with van der Waals surface area (Å²) < 4.78 is 29.1. The Morgan fingerprint density at radius 3 is 2.64 bits per heavy atom. The molecule has 0 atom stereocenters. The van der Waals surface area contributed by atoms with Crippen molar-refractivity contribution in [2.45, 2.75) is 31.4 Å². The molecule has 1 saturated heterocycles. The molecule has 0 aliphatic carbocycles. The number of carbonyl (C=O) groups is 1. The van der Waals surface area contributed by atoms with E-state index in [1.165, 1.54) is 13.8 Å². The summed E-state index contributed by atoms with van der Waals surface area (Å²) in [5.41, 5.74) is 0.379. The van der Waals surface area contributed by atoms with Crippen molar-refractivity contribution in [2.24, 2.45) is 5.92 Å². The van der Waals surface area contributed by atoms with Crippen LogP contribution < -0.4 is 5.32 Å². The molecule has 1 fully saturated rings. The first-order valence-corrected chi connectivity index (χ1v) is 10.4. The summed E-state index contributed by atoms with van der Waals surface area (Å²) in [6.45, 7) is 7.25. The minimum Gasteiger partial charge on any atom is -0.392 e. The normalized spacial score (nSPS) is 16.6. The van der Waals surface area contributed by atoms with Gasteiger partial charge in [-0.05, 0) is 32.6 Å². The van der Waals surface area contributed by atoms with Crippen LogP contribution in [0, 0.1) is 5.92 Å². The highest BCUT2D eigenvalue weighted by Gasteiger charge is 2.43. The topological polar surface area (TPSA) is 118 Å². The molecule has 2 heterocycles. The number of aromatic nitrogens is 2. The summed E-state index contributed by atoms with van der Waals surface area (Å²) in [5.74, 6) is -0.692. The Kier molecular flexibility index (Phi) is 6.30. The predicted molar refractivity (Wildman–Crippen MR) is 96.1 cm³/mol. The minimum atomic E-state index is -3.66. The molecule has 1 aliphatic heterocycles. The molecular formula is C15H23N3O5S2. The fraction of sp³-hybridized carbons (Fsp3) is 0.667. The van der Waals surface area contributed by atoms with Crippen LogP contribution in [0.3, 0.4) is 0 Å². The summed E-state index contributed by atoms with van der Waals surface area (Å²) in [5, 5.41) is 19.7. The standard InChI is InChI=1S/C15H23N3O5S2/c1-10(8-19)12-17-18-14(24-12)16-13(20)15(2,3)25(21,22)9-11-4-6-23-7-5-11/h11,19H,1,4-9H2,2-3H3,(H,16,18,20). The van der Waals surface area contributed by atoms with Gasteiger partial charge in [-0.1, -0.05) is 17.9 Å². The van der Waals surface area contributed by atoms with Crippen LogP contribution in [0.5, 0.6) is 0 Å². The molecule has 2 rings (SSSR count). The molecule has 140 valence electrons. The molecule has 1 aromatic rings. The van der Waals surface area contributed by atoms with E-state index in [-0.39, 0.29) is 23.4 Å². The van der Waals surface area contributed by atoms with Crippen molar-refractivity contribution in [3.8, 4) is 0 Å². The van der Waals surface area contributed by atoms with Crippen LogP contribution in [0.15, 0.2) is 6.58 Å². The lowest BCUT2D eigenvalue weighted by Gasteiger charge is -2.28. The molecule has 0 bridgehead atoms. The predicted octanol–water partition coefficient (Wildman–Crippen LogP) is 1.10. The van der Waals surface area contributed by atoms with Crippen LogP contribution in [0.25, 0.3) is 5.57 Å². The Morgan fingerprint density at radius 1 is 1.40 bits per heavy atom. The lowest BCUT2D eigenvalue weighted by molar-refractivity contribution is -0.117. The molecule has 2 N–H and O–H groups in total. The Balaban J connectivity index is 2.07. The van der Waals surface area contributed by atoms with Gasteiger partial charge in [0, 0.05) is 18.8 Å². The van der Waals surface area contributed by atoms with E-state index in [0.29, 0.717) is 36.6 Å². The van der Waals surface area contributed by atoms with Gasteiger partial charge in [-0.3, -0.25) is 10.1 Å². The van der Waals surface area contributed by atoms with E-state index in [1.807, 2.05) is 0 Å². The number of nitrogens with one attached hydrogen (secondary N) is 1. The second kappa shape index (κ2) is 7.90. The number of aliphatic hydroxyl groups excluding tert-OH is 1. The van der Waals surface area contributed by atoms with Crippen LogP contribution in [0.1, 0.15) is 31.7 Å². The van der Waals surface area contributed by atoms with Crippen molar-refractivity contribution in [1.29, 1.82) is 0 Å². The maximum Gasteiger partial charge on any atom is 0.247 e. The van der Waals surface area contributed by atoms with E-state index in [4.69, 9.17) is 9.84 Å². The van der Waals surface area contributed by atoms with Gasteiger partial charge in [-0.15, -0.1) is 10.2 Å². The van der Waals surface area contributed by atoms with E-state index < -0.39 is 20.5 Å². The van der Waals surface area contributed by atoms with Crippen molar-refractivity contribution in [3.63, 3.8) is 0 Å². The molecular weight excluding hydrogens is 366 g/mol. The Labute approximate surface area is 151 Å². The van der Waals surface area contributed by atoms with E-state index in [0.717, 1.165) is 11.3 Å². The summed E-state index contributed by atoms with van der Waals surface area (Å²) >= 11 is 1.03.